The molecule has 0 spiro atoms. The lowest BCUT2D eigenvalue weighted by molar-refractivity contribution is -0.135. The molecule has 0 aliphatic carbocycles. The zero-order chi connectivity index (χ0) is 15.7. The highest BCUT2D eigenvalue weighted by Gasteiger charge is 2.11. The lowest BCUT2D eigenvalue weighted by Crippen LogP contribution is -2.08. The molecule has 0 aliphatic heterocycles. The molecule has 0 aromatic heterocycles. The molecule has 0 radical (unpaired) electrons. The summed E-state index contributed by atoms with van der Waals surface area (Å²) in [5, 5.41) is 10.00. The number of hydrogen-bond donors (Lipinski definition) is 1. The molecule has 4 nitrogen and oxygen atoms in total. The van der Waals surface area contributed by atoms with E-state index < -0.39 is 5.97 Å². The standard InChI is InChI=1S/C16H19NO3S/c1-4-17-11-14(16(19)20-2)15(18)10-7-12-5-8-13(21-3)9-6-12/h5-11,18H,4H2,1-3H3/b10-7?,15-14+,17-11?. The number of nitrogens with zero attached hydrogens (tertiary/aromatic N) is 1. The molecular weight excluding hydrogens is 286 g/mol. The molecule has 0 saturated heterocycles. The fraction of sp³-hybridized carbons (Fsp3) is 0.250. The van der Waals surface area contributed by atoms with E-state index in [1.165, 1.54) is 19.4 Å². The van der Waals surface area contributed by atoms with Gasteiger partial charge in [-0.25, -0.2) is 4.79 Å². The molecule has 0 amide bonds. The third kappa shape index (κ3) is 5.47. The van der Waals surface area contributed by atoms with Crippen LogP contribution in [0.1, 0.15) is 12.5 Å². The number of aliphatic hydroxyl groups is 1. The Balaban J connectivity index is 2.98. The van der Waals surface area contributed by atoms with Gasteiger partial charge in [-0.3, -0.25) is 4.99 Å². The minimum absolute atomic E-state index is 0.0383. The Labute approximate surface area is 129 Å². The van der Waals surface area contributed by atoms with Gasteiger partial charge in [-0.05, 0) is 37.0 Å². The highest BCUT2D eigenvalue weighted by atomic mass is 32.2. The van der Waals surface area contributed by atoms with Gasteiger partial charge in [0.05, 0.1) is 7.11 Å². The van der Waals surface area contributed by atoms with Crippen LogP contribution in [0.4, 0.5) is 0 Å². The van der Waals surface area contributed by atoms with Crippen LogP contribution < -0.4 is 0 Å². The molecule has 112 valence electrons. The van der Waals surface area contributed by atoms with Gasteiger partial charge in [0, 0.05) is 17.7 Å². The average Bonchev–Trinajstić information content (AvgIpc) is 2.53. The minimum atomic E-state index is -0.618. The van der Waals surface area contributed by atoms with E-state index in [9.17, 15) is 9.90 Å². The van der Waals surface area contributed by atoms with Crippen LogP contribution in [0.2, 0.25) is 0 Å². The number of carbonyl (C=O) groups excluding carboxylic acids is 1. The SMILES string of the molecule is CCN=C/C(C(=O)OC)=C(\O)C=Cc1ccc(SC)cc1. The van der Waals surface area contributed by atoms with Crippen molar-refractivity contribution in [3.05, 3.63) is 47.2 Å². The second kappa shape index (κ2) is 9.02. The maximum atomic E-state index is 11.6. The molecule has 0 saturated carbocycles. The number of rotatable bonds is 6. The van der Waals surface area contributed by atoms with Crippen LogP contribution in [0.25, 0.3) is 6.08 Å². The number of esters is 1. The van der Waals surface area contributed by atoms with Gasteiger partial charge >= 0.3 is 5.97 Å². The van der Waals surface area contributed by atoms with Gasteiger partial charge in [0.25, 0.3) is 0 Å². The second-order valence-electron chi connectivity index (χ2n) is 4.02. The van der Waals surface area contributed by atoms with Crippen molar-refractivity contribution in [1.29, 1.82) is 0 Å². The lowest BCUT2D eigenvalue weighted by atomic mass is 10.1. The summed E-state index contributed by atoms with van der Waals surface area (Å²) < 4.78 is 4.63. The van der Waals surface area contributed by atoms with E-state index in [0.717, 1.165) is 10.5 Å². The van der Waals surface area contributed by atoms with Gasteiger partial charge in [-0.1, -0.05) is 18.2 Å². The van der Waals surface area contributed by atoms with E-state index in [1.807, 2.05) is 37.4 Å². The fourth-order valence-electron chi connectivity index (χ4n) is 1.50. The number of aliphatic imine (C=N–C) groups is 1. The highest BCUT2D eigenvalue weighted by molar-refractivity contribution is 7.98. The van der Waals surface area contributed by atoms with Crippen molar-refractivity contribution < 1.29 is 14.6 Å². The molecule has 0 atom stereocenters. The molecule has 0 heterocycles. The summed E-state index contributed by atoms with van der Waals surface area (Å²) in [6, 6.07) is 7.86. The zero-order valence-electron chi connectivity index (χ0n) is 12.4. The molecule has 1 aromatic carbocycles. The molecule has 0 unspecified atom stereocenters. The summed E-state index contributed by atoms with van der Waals surface area (Å²) >= 11 is 1.66. The number of benzene rings is 1. The molecule has 0 bridgehead atoms. The summed E-state index contributed by atoms with van der Waals surface area (Å²) in [5.74, 6) is -0.792. The van der Waals surface area contributed by atoms with Crippen molar-refractivity contribution >= 4 is 30.0 Å². The highest BCUT2D eigenvalue weighted by Crippen LogP contribution is 2.16. The maximum Gasteiger partial charge on any atom is 0.343 e. The van der Waals surface area contributed by atoms with Gasteiger partial charge in [0.1, 0.15) is 11.3 Å². The first-order chi connectivity index (χ1) is 10.1. The van der Waals surface area contributed by atoms with Crippen LogP contribution in [0.5, 0.6) is 0 Å². The summed E-state index contributed by atoms with van der Waals surface area (Å²) in [7, 11) is 1.26. The van der Waals surface area contributed by atoms with Crippen molar-refractivity contribution in [2.75, 3.05) is 19.9 Å². The number of aliphatic hydroxyl groups excluding tert-OH is 1. The number of carbonyl (C=O) groups is 1. The van der Waals surface area contributed by atoms with Gasteiger partial charge in [0.15, 0.2) is 0 Å². The summed E-state index contributed by atoms with van der Waals surface area (Å²) in [6.45, 7) is 2.36. The van der Waals surface area contributed by atoms with Gasteiger partial charge < -0.3 is 9.84 Å². The molecule has 0 aliphatic rings. The predicted octanol–water partition coefficient (Wildman–Crippen LogP) is 3.50. The van der Waals surface area contributed by atoms with Gasteiger partial charge in [-0.15, -0.1) is 11.8 Å². The summed E-state index contributed by atoms with van der Waals surface area (Å²) in [5.41, 5.74) is 0.965. The van der Waals surface area contributed by atoms with Gasteiger partial charge in [-0.2, -0.15) is 0 Å². The molecule has 1 rings (SSSR count). The van der Waals surface area contributed by atoms with Crippen LogP contribution in [-0.2, 0) is 9.53 Å². The average molecular weight is 305 g/mol. The Morgan fingerprint density at radius 1 is 1.38 bits per heavy atom. The van der Waals surface area contributed by atoms with Crippen molar-refractivity contribution in [3.8, 4) is 0 Å². The Hall–Kier alpha value is -2.01. The second-order valence-corrected chi connectivity index (χ2v) is 4.90. The van der Waals surface area contributed by atoms with Crippen molar-refractivity contribution in [2.45, 2.75) is 11.8 Å². The van der Waals surface area contributed by atoms with E-state index in [2.05, 4.69) is 9.73 Å². The third-order valence-corrected chi connectivity index (χ3v) is 3.38. The van der Waals surface area contributed by atoms with Crippen LogP contribution in [0.3, 0.4) is 0 Å². The van der Waals surface area contributed by atoms with Crippen LogP contribution in [-0.4, -0.2) is 37.2 Å². The Morgan fingerprint density at radius 2 is 2.05 bits per heavy atom. The molecule has 1 N–H and O–H groups in total. The molecular formula is C16H19NO3S. The van der Waals surface area contributed by atoms with E-state index in [0.29, 0.717) is 6.54 Å². The van der Waals surface area contributed by atoms with Crippen LogP contribution in [0.15, 0.2) is 51.6 Å². The molecule has 0 fully saturated rings. The summed E-state index contributed by atoms with van der Waals surface area (Å²) in [6.07, 6.45) is 6.52. The monoisotopic (exact) mass is 305 g/mol. The minimum Gasteiger partial charge on any atom is -0.507 e. The first-order valence-electron chi connectivity index (χ1n) is 6.45. The van der Waals surface area contributed by atoms with Crippen molar-refractivity contribution in [2.24, 2.45) is 4.99 Å². The normalized spacial score (nSPS) is 12.7. The third-order valence-electron chi connectivity index (χ3n) is 2.63. The summed E-state index contributed by atoms with van der Waals surface area (Å²) in [4.78, 5) is 16.7. The zero-order valence-corrected chi connectivity index (χ0v) is 13.2. The Bertz CT molecular complexity index is 559. The topological polar surface area (TPSA) is 58.9 Å². The largest absolute Gasteiger partial charge is 0.507 e. The molecule has 5 heteroatoms. The van der Waals surface area contributed by atoms with Crippen LogP contribution in [0, 0.1) is 0 Å². The quantitative estimate of drug-likeness (QED) is 0.218. The van der Waals surface area contributed by atoms with Crippen molar-refractivity contribution in [1.82, 2.24) is 0 Å². The number of hydrogen-bond acceptors (Lipinski definition) is 5. The van der Waals surface area contributed by atoms with Gasteiger partial charge in [0.2, 0.25) is 0 Å². The smallest absolute Gasteiger partial charge is 0.343 e. The predicted molar refractivity (Wildman–Crippen MR) is 88.0 cm³/mol. The first-order valence-corrected chi connectivity index (χ1v) is 7.68. The Morgan fingerprint density at radius 3 is 2.57 bits per heavy atom. The van der Waals surface area contributed by atoms with E-state index in [1.54, 1.807) is 17.8 Å². The van der Waals surface area contributed by atoms with Crippen molar-refractivity contribution in [3.63, 3.8) is 0 Å². The fourth-order valence-corrected chi connectivity index (χ4v) is 1.90. The number of methoxy groups -OCH3 is 1. The molecule has 1 aromatic rings. The number of allylic oxidation sites excluding steroid dienone is 1. The number of ether oxygens (including phenoxy) is 1. The maximum absolute atomic E-state index is 11.6. The van der Waals surface area contributed by atoms with Crippen LogP contribution >= 0.6 is 11.8 Å². The molecule has 21 heavy (non-hydrogen) atoms. The van der Waals surface area contributed by atoms with E-state index in [-0.39, 0.29) is 11.3 Å². The van der Waals surface area contributed by atoms with E-state index in [4.69, 9.17) is 0 Å². The lowest BCUT2D eigenvalue weighted by Gasteiger charge is -2.02. The number of thioether (sulfide) groups is 1. The van der Waals surface area contributed by atoms with E-state index >= 15 is 0 Å². The Kier molecular flexibility index (Phi) is 7.32. The first kappa shape index (κ1) is 17.0.